The van der Waals surface area contributed by atoms with Crippen LogP contribution in [0.5, 0.6) is 5.75 Å². The Bertz CT molecular complexity index is 2120. The highest BCUT2D eigenvalue weighted by molar-refractivity contribution is 6.33. The third-order valence-corrected chi connectivity index (χ3v) is 10.3. The summed E-state index contributed by atoms with van der Waals surface area (Å²) in [5.74, 6) is -1.51. The summed E-state index contributed by atoms with van der Waals surface area (Å²) in [5.41, 5.74) is 1.43. The predicted molar refractivity (Wildman–Crippen MR) is 174 cm³/mol. The molecule has 1 saturated heterocycles. The number of carbonyl (C=O) groups is 2. The summed E-state index contributed by atoms with van der Waals surface area (Å²) in [6.07, 6.45) is -1.70. The van der Waals surface area contributed by atoms with Crippen molar-refractivity contribution in [1.82, 2.24) is 29.4 Å². The first kappa shape index (κ1) is 32.7. The summed E-state index contributed by atoms with van der Waals surface area (Å²) in [5, 5.41) is 12.9. The Kier molecular flexibility index (Phi) is 7.80. The molecule has 2 amide bonds. The lowest BCUT2D eigenvalue weighted by Crippen LogP contribution is -2.67. The number of nitrogens with one attached hydrogen (secondary N) is 1. The van der Waals surface area contributed by atoms with Crippen LogP contribution in [0.1, 0.15) is 77.0 Å². The van der Waals surface area contributed by atoms with Crippen molar-refractivity contribution in [3.05, 3.63) is 73.8 Å². The summed E-state index contributed by atoms with van der Waals surface area (Å²) in [6, 6.07) is 1.37. The molecule has 12 nitrogen and oxygen atoms in total. The van der Waals surface area contributed by atoms with E-state index in [4.69, 9.17) is 16.6 Å². The van der Waals surface area contributed by atoms with E-state index in [1.165, 1.54) is 6.33 Å². The fourth-order valence-corrected chi connectivity index (χ4v) is 7.47. The number of benzene rings is 1. The molecule has 4 aromatic rings. The van der Waals surface area contributed by atoms with Gasteiger partial charge in [-0.1, -0.05) is 18.5 Å². The molecule has 16 heteroatoms. The summed E-state index contributed by atoms with van der Waals surface area (Å²) in [6.45, 7) is 7.55. The Balaban J connectivity index is 1.29. The van der Waals surface area contributed by atoms with Crippen molar-refractivity contribution in [3.8, 4) is 5.75 Å². The molecule has 4 atom stereocenters. The molecule has 256 valence electrons. The summed E-state index contributed by atoms with van der Waals surface area (Å²) in [7, 11) is 0. The Labute approximate surface area is 283 Å². The summed E-state index contributed by atoms with van der Waals surface area (Å²) in [4.78, 5) is 63.0. The molecule has 2 fully saturated rings. The Hall–Kier alpha value is -4.79. The lowest BCUT2D eigenvalue weighted by molar-refractivity contribution is -0.137. The number of anilines is 2. The lowest BCUT2D eigenvalue weighted by Gasteiger charge is -2.54. The summed E-state index contributed by atoms with van der Waals surface area (Å²) >= 11 is 6.18. The second kappa shape index (κ2) is 11.7. The minimum atomic E-state index is -4.60. The van der Waals surface area contributed by atoms with Crippen molar-refractivity contribution in [2.24, 2.45) is 0 Å². The molecule has 7 rings (SSSR count). The van der Waals surface area contributed by atoms with Gasteiger partial charge in [0.15, 0.2) is 22.6 Å². The van der Waals surface area contributed by atoms with Gasteiger partial charge in [0, 0.05) is 25.0 Å². The van der Waals surface area contributed by atoms with Gasteiger partial charge < -0.3 is 24.8 Å². The van der Waals surface area contributed by atoms with Crippen LogP contribution >= 0.6 is 11.6 Å². The van der Waals surface area contributed by atoms with E-state index in [0.29, 0.717) is 47.8 Å². The average Bonchev–Trinajstić information content (AvgIpc) is 3.37. The number of alkyl halides is 3. The van der Waals surface area contributed by atoms with E-state index in [1.54, 1.807) is 30.2 Å². The number of aromatic hydroxyl groups is 1. The van der Waals surface area contributed by atoms with E-state index in [1.807, 2.05) is 11.8 Å². The van der Waals surface area contributed by atoms with Crippen LogP contribution in [-0.2, 0) is 11.0 Å². The van der Waals surface area contributed by atoms with Crippen LogP contribution in [0.3, 0.4) is 0 Å². The summed E-state index contributed by atoms with van der Waals surface area (Å²) < 4.78 is 41.5. The van der Waals surface area contributed by atoms with Crippen molar-refractivity contribution in [2.45, 2.75) is 77.2 Å². The molecule has 0 spiro atoms. The van der Waals surface area contributed by atoms with Gasteiger partial charge in [-0.05, 0) is 58.2 Å². The average molecular weight is 697 g/mol. The van der Waals surface area contributed by atoms with E-state index in [9.17, 15) is 32.7 Å². The Morgan fingerprint density at radius 3 is 2.41 bits per heavy atom. The maximum atomic E-state index is 14.4. The highest BCUT2D eigenvalue weighted by Gasteiger charge is 2.49. The number of aryl methyl sites for hydroxylation is 3. The number of halogens is 4. The number of rotatable bonds is 4. The highest BCUT2D eigenvalue weighted by atomic mass is 35.5. The maximum absolute atomic E-state index is 14.4. The minimum Gasteiger partial charge on any atom is -0.504 e. The normalized spacial score (nSPS) is 21.7. The largest absolute Gasteiger partial charge is 0.504 e. The molecule has 2 N–H and O–H groups in total. The quantitative estimate of drug-likeness (QED) is 0.299. The molecule has 0 radical (unpaired) electrons. The minimum absolute atomic E-state index is 0.0208. The van der Waals surface area contributed by atoms with Gasteiger partial charge in [0.1, 0.15) is 18.1 Å². The first-order chi connectivity index (χ1) is 23.2. The molecule has 1 saturated carbocycles. The van der Waals surface area contributed by atoms with Crippen molar-refractivity contribution in [1.29, 1.82) is 0 Å². The zero-order valence-corrected chi connectivity index (χ0v) is 27.7. The van der Waals surface area contributed by atoms with Crippen molar-refractivity contribution < 1.29 is 27.9 Å². The van der Waals surface area contributed by atoms with Gasteiger partial charge in [0.05, 0.1) is 45.1 Å². The van der Waals surface area contributed by atoms with Crippen LogP contribution in [0, 0.1) is 20.8 Å². The number of nitrogens with zero attached hydrogens (tertiary/aromatic N) is 7. The van der Waals surface area contributed by atoms with Crippen molar-refractivity contribution in [3.63, 3.8) is 0 Å². The van der Waals surface area contributed by atoms with Crippen LogP contribution in [-0.4, -0.2) is 71.5 Å². The fraction of sp³-hybridized carbons (Fsp3) is 0.424. The monoisotopic (exact) mass is 696 g/mol. The van der Waals surface area contributed by atoms with Gasteiger partial charge in [-0.25, -0.2) is 19.9 Å². The maximum Gasteiger partial charge on any atom is 0.416 e. The van der Waals surface area contributed by atoms with E-state index >= 15 is 0 Å². The molecule has 3 aliphatic rings. The number of pyridine rings is 1. The van der Waals surface area contributed by atoms with Crippen molar-refractivity contribution >= 4 is 46.0 Å². The van der Waals surface area contributed by atoms with Crippen LogP contribution in [0.25, 0.3) is 11.2 Å². The van der Waals surface area contributed by atoms with E-state index in [2.05, 4.69) is 20.3 Å². The zero-order chi connectivity index (χ0) is 35.1. The fourth-order valence-electron chi connectivity index (χ4n) is 7.25. The molecule has 49 heavy (non-hydrogen) atoms. The second-order valence-corrected chi connectivity index (χ2v) is 13.3. The number of carbonyl (C=O) groups excluding carboxylic acids is 2. The molecule has 0 unspecified atom stereocenters. The molecular formula is C33H32ClF3N8O4. The molecule has 3 aromatic heterocycles. The lowest BCUT2D eigenvalue weighted by atomic mass is 9.81. The predicted octanol–water partition coefficient (Wildman–Crippen LogP) is 5.06. The smallest absolute Gasteiger partial charge is 0.416 e. The first-order valence-corrected chi connectivity index (χ1v) is 16.2. The van der Waals surface area contributed by atoms with E-state index in [-0.39, 0.29) is 69.7 Å². The van der Waals surface area contributed by atoms with Crippen molar-refractivity contribution in [2.75, 3.05) is 23.3 Å². The van der Waals surface area contributed by atoms with Crippen LogP contribution in [0.4, 0.5) is 24.5 Å². The first-order valence-electron chi connectivity index (χ1n) is 15.9. The van der Waals surface area contributed by atoms with E-state index in [0.717, 1.165) is 18.2 Å². The van der Waals surface area contributed by atoms with Crippen LogP contribution in [0.15, 0.2) is 29.3 Å². The third-order valence-electron chi connectivity index (χ3n) is 10.0. The Morgan fingerprint density at radius 1 is 1.02 bits per heavy atom. The second-order valence-electron chi connectivity index (χ2n) is 12.9. The topological polar surface area (TPSA) is 146 Å². The van der Waals surface area contributed by atoms with Gasteiger partial charge in [-0.3, -0.25) is 14.4 Å². The molecule has 1 aliphatic carbocycles. The molecule has 5 heterocycles. The third kappa shape index (κ3) is 5.25. The number of aromatic nitrogens is 5. The molecule has 1 aromatic carbocycles. The highest BCUT2D eigenvalue weighted by Crippen LogP contribution is 2.46. The standard InChI is InChI=1S/C33H32ClF3N8O4/c1-14-11-23(31(48)42-20-6-5-18(12-19(20)34)33(35,36)37)45-26(14)27(29(47)24-30(45)41-16(3)15(2)40-24)43-9-10-44(22-8-7-21(22)43)32(49)25-28(46)17(4)38-13-39-25/h5-6,12-14,21-23,46H,7-11H2,1-4H3,(H,42,48)/t14-,21-,22-,23-/m0/s1. The number of fused-ring (bicyclic) bond motifs is 4. The van der Waals surface area contributed by atoms with Crippen LogP contribution in [0.2, 0.25) is 5.02 Å². The number of amides is 2. The Morgan fingerprint density at radius 2 is 1.73 bits per heavy atom. The van der Waals surface area contributed by atoms with Gasteiger partial charge >= 0.3 is 6.18 Å². The number of hydrogen-bond acceptors (Lipinski definition) is 9. The van der Waals surface area contributed by atoms with Gasteiger partial charge in [-0.2, -0.15) is 13.2 Å². The van der Waals surface area contributed by atoms with E-state index < -0.39 is 29.6 Å². The van der Waals surface area contributed by atoms with Crippen LogP contribution < -0.4 is 15.6 Å². The van der Waals surface area contributed by atoms with Gasteiger partial charge in [0.2, 0.25) is 11.3 Å². The van der Waals surface area contributed by atoms with Gasteiger partial charge in [0.25, 0.3) is 5.91 Å². The SMILES string of the molecule is Cc1nc2c(=O)c(N3CCN(C(=O)c4ncnc(C)c4O)[C@H]4CC[C@@H]43)c3n(c2nc1C)[C@H](C(=O)Nc1ccc(C(F)(F)F)cc1Cl)C[C@@H]3C. The van der Waals surface area contributed by atoms with Gasteiger partial charge in [-0.15, -0.1) is 0 Å². The molecular weight excluding hydrogens is 665 g/mol. The number of hydrogen-bond donors (Lipinski definition) is 2. The number of piperazine rings is 1. The molecule has 2 aliphatic heterocycles. The zero-order valence-electron chi connectivity index (χ0n) is 27.0. The molecule has 0 bridgehead atoms.